The minimum Gasteiger partial charge on any atom is -0.269 e. The van der Waals surface area contributed by atoms with Gasteiger partial charge >= 0.3 is 17.8 Å². The molecule has 0 radical (unpaired) electrons. The third kappa shape index (κ3) is 2.05. The Hall–Kier alpha value is -1.39. The summed E-state index contributed by atoms with van der Waals surface area (Å²) in [5, 5.41) is 1.94. The highest BCUT2D eigenvalue weighted by Gasteiger charge is 2.38. The molecule has 1 fully saturated rings. The van der Waals surface area contributed by atoms with Crippen molar-refractivity contribution in [2.24, 2.45) is 5.41 Å². The minimum atomic E-state index is -0.839. The third-order valence-electron chi connectivity index (χ3n) is 1.54. The van der Waals surface area contributed by atoms with E-state index in [1.54, 1.807) is 0 Å². The maximum atomic E-state index is 11.1. The van der Waals surface area contributed by atoms with E-state index >= 15 is 0 Å². The second-order valence-corrected chi connectivity index (χ2v) is 4.21. The summed E-state index contributed by atoms with van der Waals surface area (Å²) in [5.74, 6) is -1.60. The topological polar surface area (TPSA) is 66.5 Å². The second-order valence-electron chi connectivity index (χ2n) is 4.21. The van der Waals surface area contributed by atoms with Crippen LogP contribution < -0.4 is 5.32 Å². The fourth-order valence-electron chi connectivity index (χ4n) is 1.05. The Labute approximate surface area is 76.1 Å². The lowest BCUT2D eigenvalue weighted by Gasteiger charge is -2.22. The summed E-state index contributed by atoms with van der Waals surface area (Å²) in [7, 11) is 0. The van der Waals surface area contributed by atoms with Gasteiger partial charge in [0.25, 0.3) is 0 Å². The molecule has 1 rings (SSSR count). The van der Waals surface area contributed by atoms with Gasteiger partial charge in [-0.15, -0.1) is 0 Å². The fraction of sp³-hybridized carbons (Fsp3) is 0.625. The molecule has 1 aliphatic rings. The molecule has 5 heteroatoms. The van der Waals surface area contributed by atoms with Crippen molar-refractivity contribution in [3.8, 4) is 0 Å². The van der Waals surface area contributed by atoms with Gasteiger partial charge < -0.3 is 0 Å². The van der Waals surface area contributed by atoms with Crippen LogP contribution >= 0.6 is 0 Å². The molecule has 0 aromatic rings. The zero-order chi connectivity index (χ0) is 10.2. The molecule has 1 aliphatic heterocycles. The van der Waals surface area contributed by atoms with Crippen LogP contribution in [0.5, 0.6) is 0 Å². The van der Waals surface area contributed by atoms with Gasteiger partial charge in [-0.05, 0) is 5.41 Å². The number of hydrogen-bond acceptors (Lipinski definition) is 3. The molecule has 13 heavy (non-hydrogen) atoms. The molecule has 5 nitrogen and oxygen atoms in total. The molecule has 0 atom stereocenters. The SMILES string of the molecule is CC(C)(C)CN1C(=O)NC(=O)C1=O. The van der Waals surface area contributed by atoms with Crippen molar-refractivity contribution in [1.29, 1.82) is 0 Å². The first-order valence-electron chi connectivity index (χ1n) is 3.98. The maximum absolute atomic E-state index is 11.1. The summed E-state index contributed by atoms with van der Waals surface area (Å²) >= 11 is 0. The Morgan fingerprint density at radius 2 is 1.77 bits per heavy atom. The molecular formula is C8H12N2O3. The van der Waals surface area contributed by atoms with Crippen molar-refractivity contribution in [3.63, 3.8) is 0 Å². The number of carbonyl (C=O) groups excluding carboxylic acids is 3. The summed E-state index contributed by atoms with van der Waals surface area (Å²) in [4.78, 5) is 33.8. The first-order chi connectivity index (χ1) is 5.81. The Morgan fingerprint density at radius 3 is 2.08 bits per heavy atom. The molecule has 0 spiro atoms. The minimum absolute atomic E-state index is 0.197. The molecule has 4 amide bonds. The predicted octanol–water partition coefficient (Wildman–Crippen LogP) is 0.111. The summed E-state index contributed by atoms with van der Waals surface area (Å²) < 4.78 is 0. The van der Waals surface area contributed by atoms with Crippen molar-refractivity contribution in [2.45, 2.75) is 20.8 Å². The highest BCUT2D eigenvalue weighted by atomic mass is 16.2. The lowest BCUT2D eigenvalue weighted by atomic mass is 9.96. The van der Waals surface area contributed by atoms with Crippen LogP contribution in [0.15, 0.2) is 0 Å². The van der Waals surface area contributed by atoms with Gasteiger partial charge in [-0.3, -0.25) is 19.8 Å². The monoisotopic (exact) mass is 184 g/mol. The second kappa shape index (κ2) is 2.83. The number of nitrogens with one attached hydrogen (secondary N) is 1. The van der Waals surface area contributed by atoms with E-state index in [0.717, 1.165) is 4.90 Å². The summed E-state index contributed by atoms with van der Waals surface area (Å²) in [6.07, 6.45) is 0. The van der Waals surface area contributed by atoms with Gasteiger partial charge in [-0.2, -0.15) is 0 Å². The van der Waals surface area contributed by atoms with Crippen molar-refractivity contribution >= 4 is 17.8 Å². The molecule has 1 N–H and O–H groups in total. The van der Waals surface area contributed by atoms with Gasteiger partial charge in [0.1, 0.15) is 0 Å². The Balaban J connectivity index is 2.76. The van der Waals surface area contributed by atoms with Crippen LogP contribution in [-0.2, 0) is 9.59 Å². The first-order valence-corrected chi connectivity index (χ1v) is 3.98. The Bertz CT molecular complexity index is 278. The molecule has 1 saturated heterocycles. The average Bonchev–Trinajstić information content (AvgIpc) is 2.14. The number of urea groups is 1. The van der Waals surface area contributed by atoms with Crippen LogP contribution in [0.1, 0.15) is 20.8 Å². The van der Waals surface area contributed by atoms with Crippen LogP contribution in [0.4, 0.5) is 4.79 Å². The average molecular weight is 184 g/mol. The van der Waals surface area contributed by atoms with Gasteiger partial charge in [0.05, 0.1) is 0 Å². The van der Waals surface area contributed by atoms with E-state index < -0.39 is 17.8 Å². The van der Waals surface area contributed by atoms with Crippen LogP contribution in [0.3, 0.4) is 0 Å². The van der Waals surface area contributed by atoms with E-state index in [-0.39, 0.29) is 12.0 Å². The molecule has 0 aromatic heterocycles. The standard InChI is InChI=1S/C8H12N2O3/c1-8(2,3)4-10-6(12)5(11)9-7(10)13/h4H2,1-3H3,(H,9,11,13). The number of hydrogen-bond donors (Lipinski definition) is 1. The summed E-state index contributed by atoms with van der Waals surface area (Å²) in [6.45, 7) is 5.91. The number of carbonyl (C=O) groups is 3. The fourth-order valence-corrected chi connectivity index (χ4v) is 1.05. The molecule has 72 valence electrons. The van der Waals surface area contributed by atoms with Crippen molar-refractivity contribution in [2.75, 3.05) is 6.54 Å². The quantitative estimate of drug-likeness (QED) is 0.464. The van der Waals surface area contributed by atoms with Gasteiger partial charge in [0.15, 0.2) is 0 Å². The normalized spacial score (nSPS) is 18.1. The Morgan fingerprint density at radius 1 is 1.23 bits per heavy atom. The number of imide groups is 2. The largest absolute Gasteiger partial charge is 0.331 e. The molecule has 0 saturated carbocycles. The zero-order valence-corrected chi connectivity index (χ0v) is 7.88. The Kier molecular flexibility index (Phi) is 2.11. The lowest BCUT2D eigenvalue weighted by molar-refractivity contribution is -0.140. The van der Waals surface area contributed by atoms with Gasteiger partial charge in [0.2, 0.25) is 0 Å². The third-order valence-corrected chi connectivity index (χ3v) is 1.54. The molecule has 0 unspecified atom stereocenters. The van der Waals surface area contributed by atoms with E-state index in [2.05, 4.69) is 0 Å². The lowest BCUT2D eigenvalue weighted by Crippen LogP contribution is -2.37. The van der Waals surface area contributed by atoms with E-state index in [9.17, 15) is 14.4 Å². The molecule has 0 bridgehead atoms. The van der Waals surface area contributed by atoms with Crippen molar-refractivity contribution in [1.82, 2.24) is 10.2 Å². The summed E-state index contributed by atoms with van der Waals surface area (Å²) in [5.41, 5.74) is -0.197. The highest BCUT2D eigenvalue weighted by Crippen LogP contribution is 2.16. The van der Waals surface area contributed by atoms with Gasteiger partial charge in [-0.25, -0.2) is 4.79 Å². The first kappa shape index (κ1) is 9.70. The van der Waals surface area contributed by atoms with Crippen LogP contribution in [0.2, 0.25) is 0 Å². The number of nitrogens with zero attached hydrogens (tertiary/aromatic N) is 1. The molecule has 0 aromatic carbocycles. The number of amides is 4. The summed E-state index contributed by atoms with van der Waals surface area (Å²) in [6, 6.07) is -0.620. The molecule has 1 heterocycles. The maximum Gasteiger partial charge on any atom is 0.331 e. The zero-order valence-electron chi connectivity index (χ0n) is 7.88. The van der Waals surface area contributed by atoms with E-state index in [1.807, 2.05) is 26.1 Å². The molecular weight excluding hydrogens is 172 g/mol. The van der Waals surface area contributed by atoms with E-state index in [4.69, 9.17) is 0 Å². The molecule has 0 aliphatic carbocycles. The van der Waals surface area contributed by atoms with Gasteiger partial charge in [0, 0.05) is 6.54 Å². The van der Waals surface area contributed by atoms with Crippen LogP contribution in [0.25, 0.3) is 0 Å². The number of rotatable bonds is 1. The highest BCUT2D eigenvalue weighted by molar-refractivity contribution is 6.44. The smallest absolute Gasteiger partial charge is 0.269 e. The van der Waals surface area contributed by atoms with Crippen molar-refractivity contribution < 1.29 is 14.4 Å². The van der Waals surface area contributed by atoms with Crippen LogP contribution in [0, 0.1) is 5.41 Å². The van der Waals surface area contributed by atoms with Crippen molar-refractivity contribution in [3.05, 3.63) is 0 Å². The van der Waals surface area contributed by atoms with Gasteiger partial charge in [-0.1, -0.05) is 20.8 Å². The van der Waals surface area contributed by atoms with Crippen LogP contribution in [-0.4, -0.2) is 29.3 Å². The van der Waals surface area contributed by atoms with E-state index in [1.165, 1.54) is 0 Å². The van der Waals surface area contributed by atoms with E-state index in [0.29, 0.717) is 0 Å². The predicted molar refractivity (Wildman–Crippen MR) is 44.7 cm³/mol.